The quantitative estimate of drug-likeness (QED) is 0.512. The molecule has 0 aromatic heterocycles. The minimum atomic E-state index is -3.49. The number of amides is 2. The molecule has 0 aliphatic carbocycles. The molecule has 34 heavy (non-hydrogen) atoms. The van der Waals surface area contributed by atoms with Crippen molar-refractivity contribution in [1.82, 2.24) is 4.31 Å². The number of benzene rings is 3. The summed E-state index contributed by atoms with van der Waals surface area (Å²) in [4.78, 5) is 24.8. The predicted octanol–water partition coefficient (Wildman–Crippen LogP) is 3.74. The second kappa shape index (κ2) is 10.5. The molecule has 4 rings (SSSR count). The zero-order valence-electron chi connectivity index (χ0n) is 18.4. The molecule has 1 heterocycles. The summed E-state index contributed by atoms with van der Waals surface area (Å²) in [6.45, 7) is 0.828. The number of anilines is 2. The number of hydrogen-bond acceptors (Lipinski definition) is 5. The van der Waals surface area contributed by atoms with Crippen LogP contribution >= 0.6 is 0 Å². The van der Waals surface area contributed by atoms with Gasteiger partial charge in [0.05, 0.1) is 4.90 Å². The number of rotatable bonds is 8. The van der Waals surface area contributed by atoms with E-state index in [9.17, 15) is 18.0 Å². The molecule has 3 aromatic rings. The van der Waals surface area contributed by atoms with E-state index in [4.69, 9.17) is 4.74 Å². The molecule has 8 nitrogen and oxygen atoms in total. The van der Waals surface area contributed by atoms with Crippen molar-refractivity contribution in [3.05, 3.63) is 84.4 Å². The van der Waals surface area contributed by atoms with Crippen LogP contribution in [0.4, 0.5) is 11.4 Å². The van der Waals surface area contributed by atoms with Crippen LogP contribution in [0.5, 0.6) is 5.75 Å². The van der Waals surface area contributed by atoms with Gasteiger partial charge >= 0.3 is 0 Å². The van der Waals surface area contributed by atoms with Gasteiger partial charge in [-0.2, -0.15) is 4.31 Å². The van der Waals surface area contributed by atoms with Gasteiger partial charge in [0.15, 0.2) is 6.61 Å². The van der Waals surface area contributed by atoms with Crippen LogP contribution in [0.1, 0.15) is 23.2 Å². The van der Waals surface area contributed by atoms with E-state index in [0.29, 0.717) is 35.8 Å². The van der Waals surface area contributed by atoms with Crippen molar-refractivity contribution in [3.8, 4) is 5.75 Å². The highest BCUT2D eigenvalue weighted by molar-refractivity contribution is 7.89. The topological polar surface area (TPSA) is 105 Å². The SMILES string of the molecule is O=C(COc1cccc(NC(=O)c2ccccc2)c1)Nc1ccc(S(=O)(=O)N2CCCC2)cc1. The number of nitrogens with one attached hydrogen (secondary N) is 2. The Morgan fingerprint density at radius 2 is 1.53 bits per heavy atom. The van der Waals surface area contributed by atoms with Crippen molar-refractivity contribution in [2.45, 2.75) is 17.7 Å². The van der Waals surface area contributed by atoms with Gasteiger partial charge in [0.25, 0.3) is 11.8 Å². The van der Waals surface area contributed by atoms with Crippen molar-refractivity contribution < 1.29 is 22.7 Å². The zero-order valence-corrected chi connectivity index (χ0v) is 19.3. The average Bonchev–Trinajstić information content (AvgIpc) is 3.40. The second-order valence-electron chi connectivity index (χ2n) is 7.82. The van der Waals surface area contributed by atoms with Crippen molar-refractivity contribution in [2.75, 3.05) is 30.3 Å². The van der Waals surface area contributed by atoms with Gasteiger partial charge in [-0.25, -0.2) is 8.42 Å². The molecule has 0 unspecified atom stereocenters. The van der Waals surface area contributed by atoms with Crippen molar-refractivity contribution in [2.24, 2.45) is 0 Å². The molecule has 2 amide bonds. The van der Waals surface area contributed by atoms with E-state index in [-0.39, 0.29) is 17.4 Å². The molecule has 9 heteroatoms. The molecule has 0 saturated carbocycles. The first kappa shape index (κ1) is 23.5. The van der Waals surface area contributed by atoms with Gasteiger partial charge in [0.1, 0.15) is 5.75 Å². The van der Waals surface area contributed by atoms with E-state index in [2.05, 4.69) is 10.6 Å². The van der Waals surface area contributed by atoms with E-state index in [0.717, 1.165) is 12.8 Å². The highest BCUT2D eigenvalue weighted by Gasteiger charge is 2.26. The maximum atomic E-state index is 12.6. The Labute approximate surface area is 198 Å². The van der Waals surface area contributed by atoms with Crippen LogP contribution < -0.4 is 15.4 Å². The summed E-state index contributed by atoms with van der Waals surface area (Å²) in [5.74, 6) is -0.215. The Kier molecular flexibility index (Phi) is 7.24. The summed E-state index contributed by atoms with van der Waals surface area (Å²) in [6.07, 6.45) is 1.74. The lowest BCUT2D eigenvalue weighted by Gasteiger charge is -2.15. The second-order valence-corrected chi connectivity index (χ2v) is 9.76. The van der Waals surface area contributed by atoms with E-state index < -0.39 is 15.9 Å². The molecule has 2 N–H and O–H groups in total. The summed E-state index contributed by atoms with van der Waals surface area (Å²) in [6, 6.07) is 21.7. The van der Waals surface area contributed by atoms with Gasteiger partial charge in [-0.05, 0) is 61.4 Å². The number of ether oxygens (including phenoxy) is 1. The molecule has 0 atom stereocenters. The fourth-order valence-corrected chi connectivity index (χ4v) is 5.11. The lowest BCUT2D eigenvalue weighted by Crippen LogP contribution is -2.27. The lowest BCUT2D eigenvalue weighted by atomic mass is 10.2. The highest BCUT2D eigenvalue weighted by atomic mass is 32.2. The van der Waals surface area contributed by atoms with Crippen LogP contribution in [0, 0.1) is 0 Å². The monoisotopic (exact) mass is 479 g/mol. The Morgan fingerprint density at radius 1 is 0.824 bits per heavy atom. The minimum absolute atomic E-state index is 0.206. The standard InChI is InChI=1S/C25H25N3O5S/c29-24(26-20-11-13-23(14-12-20)34(31,32)28-15-4-5-16-28)18-33-22-10-6-9-21(17-22)27-25(30)19-7-2-1-3-8-19/h1-3,6-14,17H,4-5,15-16,18H2,(H,26,29)(H,27,30). The van der Waals surface area contributed by atoms with Crippen LogP contribution in [-0.2, 0) is 14.8 Å². The van der Waals surface area contributed by atoms with Crippen molar-refractivity contribution in [3.63, 3.8) is 0 Å². The molecule has 1 fully saturated rings. The Hall–Kier alpha value is -3.69. The van der Waals surface area contributed by atoms with E-state index >= 15 is 0 Å². The maximum absolute atomic E-state index is 12.6. The van der Waals surface area contributed by atoms with Crippen LogP contribution in [0.15, 0.2) is 83.8 Å². The maximum Gasteiger partial charge on any atom is 0.262 e. The zero-order chi connectivity index (χ0) is 24.0. The first-order valence-electron chi connectivity index (χ1n) is 10.9. The normalized spacial score (nSPS) is 13.9. The minimum Gasteiger partial charge on any atom is -0.484 e. The number of hydrogen-bond donors (Lipinski definition) is 2. The van der Waals surface area contributed by atoms with Gasteiger partial charge < -0.3 is 15.4 Å². The number of nitrogens with zero attached hydrogens (tertiary/aromatic N) is 1. The van der Waals surface area contributed by atoms with Gasteiger partial charge in [-0.1, -0.05) is 24.3 Å². The molecule has 0 radical (unpaired) electrons. The average molecular weight is 480 g/mol. The Balaban J connectivity index is 1.30. The molecule has 1 aliphatic heterocycles. The summed E-state index contributed by atoms with van der Waals surface area (Å²) >= 11 is 0. The molecule has 0 spiro atoms. The van der Waals surface area contributed by atoms with E-state index in [1.165, 1.54) is 16.4 Å². The van der Waals surface area contributed by atoms with Gasteiger partial charge in [0, 0.05) is 36.1 Å². The number of carbonyl (C=O) groups is 2. The third kappa shape index (κ3) is 5.81. The molecule has 3 aromatic carbocycles. The van der Waals surface area contributed by atoms with Crippen molar-refractivity contribution in [1.29, 1.82) is 0 Å². The van der Waals surface area contributed by atoms with Crippen molar-refractivity contribution >= 4 is 33.2 Å². The molecular weight excluding hydrogens is 454 g/mol. The first-order chi connectivity index (χ1) is 16.4. The summed E-state index contributed by atoms with van der Waals surface area (Å²) in [5.41, 5.74) is 1.55. The summed E-state index contributed by atoms with van der Waals surface area (Å²) in [5, 5.41) is 5.48. The molecule has 0 bridgehead atoms. The molecular formula is C25H25N3O5S. The Morgan fingerprint density at radius 3 is 2.24 bits per heavy atom. The van der Waals surface area contributed by atoms with Crippen LogP contribution in [0.3, 0.4) is 0 Å². The lowest BCUT2D eigenvalue weighted by molar-refractivity contribution is -0.118. The van der Waals surface area contributed by atoms with Gasteiger partial charge in [-0.15, -0.1) is 0 Å². The molecule has 1 saturated heterocycles. The number of carbonyl (C=O) groups excluding carboxylic acids is 2. The number of sulfonamides is 1. The fraction of sp³-hybridized carbons (Fsp3) is 0.200. The third-order valence-corrected chi connectivity index (χ3v) is 7.25. The van der Waals surface area contributed by atoms with Crippen LogP contribution in [0.2, 0.25) is 0 Å². The smallest absolute Gasteiger partial charge is 0.262 e. The highest BCUT2D eigenvalue weighted by Crippen LogP contribution is 2.22. The third-order valence-electron chi connectivity index (χ3n) is 5.34. The summed E-state index contributed by atoms with van der Waals surface area (Å²) in [7, 11) is -3.49. The predicted molar refractivity (Wildman–Crippen MR) is 129 cm³/mol. The Bertz CT molecular complexity index is 1260. The first-order valence-corrected chi connectivity index (χ1v) is 12.4. The van der Waals surface area contributed by atoms with Gasteiger partial charge in [0.2, 0.25) is 10.0 Å². The largest absolute Gasteiger partial charge is 0.484 e. The molecule has 1 aliphatic rings. The van der Waals surface area contributed by atoms with Crippen LogP contribution in [0.25, 0.3) is 0 Å². The molecule has 176 valence electrons. The van der Waals surface area contributed by atoms with E-state index in [1.807, 2.05) is 6.07 Å². The fourth-order valence-electron chi connectivity index (χ4n) is 3.59. The van der Waals surface area contributed by atoms with Crippen LogP contribution in [-0.4, -0.2) is 44.2 Å². The van der Waals surface area contributed by atoms with Gasteiger partial charge in [-0.3, -0.25) is 9.59 Å². The van der Waals surface area contributed by atoms with E-state index in [1.54, 1.807) is 60.7 Å². The summed E-state index contributed by atoms with van der Waals surface area (Å²) < 4.78 is 32.2.